The standard InChI is InChI=1S/C14H28/c1-8-14(13(6)7,9-11(2)3)10-12(4)5/h8,11-13H,1,9-10H2,2-7H3. The molecule has 0 atom stereocenters. The predicted octanol–water partition coefficient (Wildman–Crippen LogP) is 4.91. The lowest BCUT2D eigenvalue weighted by molar-refractivity contribution is 0.173. The molecule has 0 aliphatic heterocycles. The van der Waals surface area contributed by atoms with Crippen molar-refractivity contribution in [3.05, 3.63) is 12.7 Å². The molecule has 0 unspecified atom stereocenters. The molecule has 0 rings (SSSR count). The summed E-state index contributed by atoms with van der Waals surface area (Å²) in [6.07, 6.45) is 4.75. The highest BCUT2D eigenvalue weighted by Crippen LogP contribution is 2.41. The van der Waals surface area contributed by atoms with Gasteiger partial charge >= 0.3 is 0 Å². The summed E-state index contributed by atoms with van der Waals surface area (Å²) >= 11 is 0. The van der Waals surface area contributed by atoms with Crippen LogP contribution in [0.1, 0.15) is 54.4 Å². The summed E-state index contributed by atoms with van der Waals surface area (Å²) in [5.74, 6) is 2.22. The zero-order valence-corrected chi connectivity index (χ0v) is 10.9. The molecule has 0 N–H and O–H groups in total. The second kappa shape index (κ2) is 5.58. The summed E-state index contributed by atoms with van der Waals surface area (Å²) in [7, 11) is 0. The molecule has 0 saturated heterocycles. The van der Waals surface area contributed by atoms with E-state index in [1.54, 1.807) is 0 Å². The first kappa shape index (κ1) is 13.7. The Kier molecular flexibility index (Phi) is 5.48. The zero-order valence-electron chi connectivity index (χ0n) is 10.9. The van der Waals surface area contributed by atoms with Crippen molar-refractivity contribution in [2.45, 2.75) is 54.4 Å². The zero-order chi connectivity index (χ0) is 11.4. The molecule has 0 aromatic heterocycles. The summed E-state index contributed by atoms with van der Waals surface area (Å²) in [6, 6.07) is 0. The van der Waals surface area contributed by atoms with Crippen LogP contribution in [-0.2, 0) is 0 Å². The summed E-state index contributed by atoms with van der Waals surface area (Å²) in [4.78, 5) is 0. The molecule has 14 heavy (non-hydrogen) atoms. The molecular formula is C14H28. The van der Waals surface area contributed by atoms with Crippen molar-refractivity contribution in [3.63, 3.8) is 0 Å². The quantitative estimate of drug-likeness (QED) is 0.530. The van der Waals surface area contributed by atoms with Crippen molar-refractivity contribution in [1.82, 2.24) is 0 Å². The van der Waals surface area contributed by atoms with Crippen LogP contribution in [0, 0.1) is 23.2 Å². The first-order chi connectivity index (χ1) is 6.34. The third kappa shape index (κ3) is 3.86. The van der Waals surface area contributed by atoms with Crippen molar-refractivity contribution < 1.29 is 0 Å². The number of hydrogen-bond donors (Lipinski definition) is 0. The summed E-state index contributed by atoms with van der Waals surface area (Å²) < 4.78 is 0. The van der Waals surface area contributed by atoms with E-state index in [0.717, 1.165) is 11.8 Å². The fourth-order valence-corrected chi connectivity index (χ4v) is 2.48. The van der Waals surface area contributed by atoms with Crippen LogP contribution in [0.4, 0.5) is 0 Å². The monoisotopic (exact) mass is 196 g/mol. The minimum absolute atomic E-state index is 0.350. The van der Waals surface area contributed by atoms with Crippen LogP contribution in [0.25, 0.3) is 0 Å². The van der Waals surface area contributed by atoms with Gasteiger partial charge in [0.1, 0.15) is 0 Å². The van der Waals surface area contributed by atoms with Gasteiger partial charge in [-0.15, -0.1) is 6.58 Å². The van der Waals surface area contributed by atoms with Gasteiger partial charge in [0.05, 0.1) is 0 Å². The lowest BCUT2D eigenvalue weighted by Crippen LogP contribution is -2.28. The van der Waals surface area contributed by atoms with Gasteiger partial charge in [-0.25, -0.2) is 0 Å². The minimum atomic E-state index is 0.350. The van der Waals surface area contributed by atoms with Crippen LogP contribution < -0.4 is 0 Å². The van der Waals surface area contributed by atoms with Gasteiger partial charge in [0.15, 0.2) is 0 Å². The molecular weight excluding hydrogens is 168 g/mol. The Morgan fingerprint density at radius 1 is 0.929 bits per heavy atom. The van der Waals surface area contributed by atoms with Crippen molar-refractivity contribution >= 4 is 0 Å². The number of hydrogen-bond acceptors (Lipinski definition) is 0. The van der Waals surface area contributed by atoms with Crippen LogP contribution in [0.15, 0.2) is 12.7 Å². The van der Waals surface area contributed by atoms with E-state index in [4.69, 9.17) is 0 Å². The Morgan fingerprint density at radius 3 is 1.43 bits per heavy atom. The van der Waals surface area contributed by atoms with Gasteiger partial charge < -0.3 is 0 Å². The van der Waals surface area contributed by atoms with E-state index in [1.165, 1.54) is 12.8 Å². The molecule has 0 fully saturated rings. The summed E-state index contributed by atoms with van der Waals surface area (Å²) in [6.45, 7) is 17.9. The number of rotatable bonds is 6. The van der Waals surface area contributed by atoms with Gasteiger partial charge in [0.2, 0.25) is 0 Å². The molecule has 0 radical (unpaired) electrons. The van der Waals surface area contributed by atoms with Gasteiger partial charge in [0, 0.05) is 0 Å². The van der Waals surface area contributed by atoms with E-state index < -0.39 is 0 Å². The highest BCUT2D eigenvalue weighted by Gasteiger charge is 2.31. The Morgan fingerprint density at radius 2 is 1.29 bits per heavy atom. The average molecular weight is 196 g/mol. The lowest BCUT2D eigenvalue weighted by atomic mass is 9.67. The molecule has 0 spiro atoms. The SMILES string of the molecule is C=CC(CC(C)C)(CC(C)C)C(C)C. The molecule has 0 aromatic rings. The van der Waals surface area contributed by atoms with Crippen LogP contribution in [0.3, 0.4) is 0 Å². The fourth-order valence-electron chi connectivity index (χ4n) is 2.48. The van der Waals surface area contributed by atoms with E-state index in [1.807, 2.05) is 0 Å². The highest BCUT2D eigenvalue weighted by molar-refractivity contribution is 4.98. The van der Waals surface area contributed by atoms with Crippen molar-refractivity contribution in [2.24, 2.45) is 23.2 Å². The molecule has 0 aromatic carbocycles. The number of allylic oxidation sites excluding steroid dienone is 1. The van der Waals surface area contributed by atoms with E-state index in [9.17, 15) is 0 Å². The topological polar surface area (TPSA) is 0 Å². The first-order valence-electron chi connectivity index (χ1n) is 5.97. The maximum atomic E-state index is 4.06. The van der Waals surface area contributed by atoms with Gasteiger partial charge in [0.25, 0.3) is 0 Å². The van der Waals surface area contributed by atoms with E-state index in [2.05, 4.69) is 54.2 Å². The molecule has 84 valence electrons. The minimum Gasteiger partial charge on any atom is -0.103 e. The van der Waals surface area contributed by atoms with Crippen molar-refractivity contribution in [3.8, 4) is 0 Å². The van der Waals surface area contributed by atoms with Crippen molar-refractivity contribution in [2.75, 3.05) is 0 Å². The highest BCUT2D eigenvalue weighted by atomic mass is 14.4. The molecule has 0 heterocycles. The molecule has 0 nitrogen and oxygen atoms in total. The van der Waals surface area contributed by atoms with Crippen LogP contribution >= 0.6 is 0 Å². The summed E-state index contributed by atoms with van der Waals surface area (Å²) in [5, 5.41) is 0. The van der Waals surface area contributed by atoms with E-state index in [-0.39, 0.29) is 0 Å². The average Bonchev–Trinajstić information content (AvgIpc) is 2.00. The summed E-state index contributed by atoms with van der Waals surface area (Å²) in [5.41, 5.74) is 0.350. The van der Waals surface area contributed by atoms with Crippen LogP contribution in [0.2, 0.25) is 0 Å². The Bertz CT molecular complexity index is 153. The molecule has 0 bridgehead atoms. The molecule has 0 heteroatoms. The predicted molar refractivity (Wildman–Crippen MR) is 66.4 cm³/mol. The fraction of sp³-hybridized carbons (Fsp3) is 0.857. The lowest BCUT2D eigenvalue weighted by Gasteiger charge is -2.38. The third-order valence-corrected chi connectivity index (χ3v) is 3.13. The molecule has 0 saturated carbocycles. The third-order valence-electron chi connectivity index (χ3n) is 3.13. The van der Waals surface area contributed by atoms with Gasteiger partial charge in [-0.2, -0.15) is 0 Å². The maximum Gasteiger partial charge on any atom is -0.00931 e. The second-order valence-electron chi connectivity index (χ2n) is 5.79. The largest absolute Gasteiger partial charge is 0.103 e. The van der Waals surface area contributed by atoms with Gasteiger partial charge in [-0.3, -0.25) is 0 Å². The maximum absolute atomic E-state index is 4.06. The van der Waals surface area contributed by atoms with Crippen LogP contribution in [-0.4, -0.2) is 0 Å². The van der Waals surface area contributed by atoms with Crippen molar-refractivity contribution in [1.29, 1.82) is 0 Å². The van der Waals surface area contributed by atoms with E-state index in [0.29, 0.717) is 11.3 Å². The molecule has 0 amide bonds. The van der Waals surface area contributed by atoms with Crippen LogP contribution in [0.5, 0.6) is 0 Å². The Labute approximate surface area is 90.8 Å². The Hall–Kier alpha value is -0.260. The normalized spacial score (nSPS) is 12.9. The Balaban J connectivity index is 4.69. The van der Waals surface area contributed by atoms with Gasteiger partial charge in [-0.05, 0) is 36.0 Å². The van der Waals surface area contributed by atoms with Gasteiger partial charge in [-0.1, -0.05) is 47.6 Å². The molecule has 0 aliphatic rings. The van der Waals surface area contributed by atoms with E-state index >= 15 is 0 Å². The first-order valence-corrected chi connectivity index (χ1v) is 5.97. The molecule has 0 aliphatic carbocycles. The second-order valence-corrected chi connectivity index (χ2v) is 5.79. The smallest absolute Gasteiger partial charge is 0.00931 e.